The lowest BCUT2D eigenvalue weighted by Crippen LogP contribution is -2.49. The number of nitrogens with zero attached hydrogens (tertiary/aromatic N) is 1. The van der Waals surface area contributed by atoms with Gasteiger partial charge in [0.1, 0.15) is 6.61 Å². The fourth-order valence-electron chi connectivity index (χ4n) is 2.21. The molecule has 0 spiro atoms. The lowest BCUT2D eigenvalue weighted by molar-refractivity contribution is -0.140. The average molecular weight is 284 g/mol. The molecular weight excluding hydrogens is 256 g/mol. The zero-order valence-corrected chi connectivity index (χ0v) is 13.4. The van der Waals surface area contributed by atoms with Crippen molar-refractivity contribution in [2.75, 3.05) is 19.7 Å². The highest BCUT2D eigenvalue weighted by Gasteiger charge is 2.30. The van der Waals surface area contributed by atoms with Crippen LogP contribution in [0.1, 0.15) is 47.5 Å². The molecule has 1 heterocycles. The quantitative estimate of drug-likeness (QED) is 0.852. The first-order chi connectivity index (χ1) is 9.20. The van der Waals surface area contributed by atoms with Gasteiger partial charge in [0.15, 0.2) is 0 Å². The molecule has 0 saturated carbocycles. The van der Waals surface area contributed by atoms with Crippen LogP contribution in [0.5, 0.6) is 0 Å². The van der Waals surface area contributed by atoms with Crippen LogP contribution in [0.15, 0.2) is 0 Å². The standard InChI is InChI=1S/C15H28N2O3/c1-11(2)20-10-13(18)16-12-6-8-17(9-7-12)14(19)15(3,4)5/h11-12H,6-10H2,1-5H3,(H,16,18). The van der Waals surface area contributed by atoms with Crippen LogP contribution in [0.3, 0.4) is 0 Å². The summed E-state index contributed by atoms with van der Waals surface area (Å²) in [6.07, 6.45) is 1.69. The first-order valence-electron chi connectivity index (χ1n) is 7.40. The Morgan fingerprint density at radius 1 is 1.25 bits per heavy atom. The van der Waals surface area contributed by atoms with E-state index < -0.39 is 0 Å². The summed E-state index contributed by atoms with van der Waals surface area (Å²) in [4.78, 5) is 25.7. The molecule has 0 bridgehead atoms. The van der Waals surface area contributed by atoms with E-state index in [0.29, 0.717) is 13.1 Å². The third-order valence-electron chi connectivity index (χ3n) is 3.34. The molecule has 0 unspecified atom stereocenters. The molecule has 1 rings (SSSR count). The SMILES string of the molecule is CC(C)OCC(=O)NC1CCN(C(=O)C(C)(C)C)CC1. The average Bonchev–Trinajstić information content (AvgIpc) is 2.35. The summed E-state index contributed by atoms with van der Waals surface area (Å²) in [7, 11) is 0. The molecule has 0 aromatic heterocycles. The van der Waals surface area contributed by atoms with E-state index in [0.717, 1.165) is 12.8 Å². The molecule has 2 amide bonds. The van der Waals surface area contributed by atoms with Crippen LogP contribution in [0, 0.1) is 5.41 Å². The van der Waals surface area contributed by atoms with Crippen molar-refractivity contribution in [2.45, 2.75) is 59.6 Å². The highest BCUT2D eigenvalue weighted by Crippen LogP contribution is 2.20. The van der Waals surface area contributed by atoms with Gasteiger partial charge in [-0.25, -0.2) is 0 Å². The minimum absolute atomic E-state index is 0.0620. The number of carbonyl (C=O) groups excluding carboxylic acids is 2. The van der Waals surface area contributed by atoms with Gasteiger partial charge in [-0.05, 0) is 26.7 Å². The van der Waals surface area contributed by atoms with Crippen LogP contribution in [0.25, 0.3) is 0 Å². The number of hydrogen-bond acceptors (Lipinski definition) is 3. The maximum Gasteiger partial charge on any atom is 0.246 e. The van der Waals surface area contributed by atoms with Gasteiger partial charge in [-0.3, -0.25) is 9.59 Å². The predicted molar refractivity (Wildman–Crippen MR) is 78.3 cm³/mol. The Morgan fingerprint density at radius 3 is 2.25 bits per heavy atom. The Hall–Kier alpha value is -1.10. The number of amides is 2. The van der Waals surface area contributed by atoms with Gasteiger partial charge < -0.3 is 15.0 Å². The van der Waals surface area contributed by atoms with Crippen molar-refractivity contribution in [3.63, 3.8) is 0 Å². The van der Waals surface area contributed by atoms with Crippen molar-refractivity contribution < 1.29 is 14.3 Å². The van der Waals surface area contributed by atoms with Crippen molar-refractivity contribution in [3.8, 4) is 0 Å². The number of likely N-dealkylation sites (tertiary alicyclic amines) is 1. The highest BCUT2D eigenvalue weighted by molar-refractivity contribution is 5.81. The zero-order chi connectivity index (χ0) is 15.3. The van der Waals surface area contributed by atoms with E-state index in [9.17, 15) is 9.59 Å². The van der Waals surface area contributed by atoms with Crippen molar-refractivity contribution in [1.82, 2.24) is 10.2 Å². The molecule has 1 fully saturated rings. The van der Waals surface area contributed by atoms with E-state index in [1.165, 1.54) is 0 Å². The van der Waals surface area contributed by atoms with Gasteiger partial charge in [0.25, 0.3) is 0 Å². The largest absolute Gasteiger partial charge is 0.369 e. The molecule has 1 aliphatic heterocycles. The molecule has 1 aliphatic rings. The van der Waals surface area contributed by atoms with E-state index in [1.807, 2.05) is 39.5 Å². The normalized spacial score (nSPS) is 17.4. The van der Waals surface area contributed by atoms with Crippen LogP contribution in [0.2, 0.25) is 0 Å². The summed E-state index contributed by atoms with van der Waals surface area (Å²) in [6, 6.07) is 0.155. The molecule has 1 N–H and O–H groups in total. The molecule has 20 heavy (non-hydrogen) atoms. The monoisotopic (exact) mass is 284 g/mol. The van der Waals surface area contributed by atoms with Crippen molar-refractivity contribution >= 4 is 11.8 Å². The first-order valence-corrected chi connectivity index (χ1v) is 7.40. The Bertz CT molecular complexity index is 340. The fraction of sp³-hybridized carbons (Fsp3) is 0.867. The van der Waals surface area contributed by atoms with Gasteiger partial charge in [0, 0.05) is 24.5 Å². The van der Waals surface area contributed by atoms with Crippen LogP contribution in [-0.4, -0.2) is 48.6 Å². The summed E-state index contributed by atoms with van der Waals surface area (Å²) in [6.45, 7) is 11.2. The summed E-state index contributed by atoms with van der Waals surface area (Å²) < 4.78 is 5.27. The third-order valence-corrected chi connectivity index (χ3v) is 3.34. The Kier molecular flexibility index (Phi) is 5.99. The molecule has 0 aliphatic carbocycles. The number of piperidine rings is 1. The molecule has 0 radical (unpaired) electrons. The van der Waals surface area contributed by atoms with Gasteiger partial charge >= 0.3 is 0 Å². The molecule has 0 aromatic carbocycles. The first kappa shape index (κ1) is 17.0. The number of ether oxygens (including phenoxy) is 1. The van der Waals surface area contributed by atoms with Crippen molar-refractivity contribution in [2.24, 2.45) is 5.41 Å². The summed E-state index contributed by atoms with van der Waals surface area (Å²) in [5.74, 6) is 0.115. The maximum atomic E-state index is 12.1. The summed E-state index contributed by atoms with van der Waals surface area (Å²) in [5, 5.41) is 2.97. The fourth-order valence-corrected chi connectivity index (χ4v) is 2.21. The van der Waals surface area contributed by atoms with Crippen LogP contribution >= 0.6 is 0 Å². The van der Waals surface area contributed by atoms with E-state index >= 15 is 0 Å². The molecule has 1 saturated heterocycles. The zero-order valence-electron chi connectivity index (χ0n) is 13.4. The summed E-state index contributed by atoms with van der Waals surface area (Å²) >= 11 is 0. The Labute approximate surface area is 122 Å². The third kappa shape index (κ3) is 5.49. The number of nitrogens with one attached hydrogen (secondary N) is 1. The predicted octanol–water partition coefficient (Wildman–Crippen LogP) is 1.56. The molecule has 0 atom stereocenters. The van der Waals surface area contributed by atoms with Crippen molar-refractivity contribution in [1.29, 1.82) is 0 Å². The molecule has 0 aromatic rings. The van der Waals surface area contributed by atoms with Gasteiger partial charge in [-0.15, -0.1) is 0 Å². The van der Waals surface area contributed by atoms with Gasteiger partial charge in [-0.1, -0.05) is 20.8 Å². The van der Waals surface area contributed by atoms with E-state index in [-0.39, 0.29) is 36.0 Å². The van der Waals surface area contributed by atoms with Gasteiger partial charge in [-0.2, -0.15) is 0 Å². The minimum Gasteiger partial charge on any atom is -0.369 e. The van der Waals surface area contributed by atoms with Crippen LogP contribution < -0.4 is 5.32 Å². The maximum absolute atomic E-state index is 12.1. The second-order valence-corrected chi connectivity index (χ2v) is 6.74. The van der Waals surface area contributed by atoms with Crippen LogP contribution in [-0.2, 0) is 14.3 Å². The summed E-state index contributed by atoms with van der Waals surface area (Å²) in [5.41, 5.74) is -0.332. The second kappa shape index (κ2) is 7.07. The lowest BCUT2D eigenvalue weighted by Gasteiger charge is -2.36. The smallest absolute Gasteiger partial charge is 0.246 e. The topological polar surface area (TPSA) is 58.6 Å². The lowest BCUT2D eigenvalue weighted by atomic mass is 9.93. The van der Waals surface area contributed by atoms with E-state index in [4.69, 9.17) is 4.74 Å². The van der Waals surface area contributed by atoms with E-state index in [2.05, 4.69) is 5.32 Å². The minimum atomic E-state index is -0.332. The molecule has 5 heteroatoms. The van der Waals surface area contributed by atoms with Gasteiger partial charge in [0.05, 0.1) is 6.10 Å². The molecule has 116 valence electrons. The molecule has 5 nitrogen and oxygen atoms in total. The van der Waals surface area contributed by atoms with E-state index in [1.54, 1.807) is 0 Å². The van der Waals surface area contributed by atoms with Crippen LogP contribution in [0.4, 0.5) is 0 Å². The van der Waals surface area contributed by atoms with Gasteiger partial charge in [0.2, 0.25) is 11.8 Å². The number of rotatable bonds is 4. The number of hydrogen-bond donors (Lipinski definition) is 1. The number of carbonyl (C=O) groups is 2. The molecular formula is C15H28N2O3. The Morgan fingerprint density at radius 2 is 1.80 bits per heavy atom. The Balaban J connectivity index is 2.32. The second-order valence-electron chi connectivity index (χ2n) is 6.74. The van der Waals surface area contributed by atoms with Crippen molar-refractivity contribution in [3.05, 3.63) is 0 Å². The highest BCUT2D eigenvalue weighted by atomic mass is 16.5.